The van der Waals surface area contributed by atoms with Gasteiger partial charge in [0.1, 0.15) is 6.07 Å². The monoisotopic (exact) mass is 334 g/mol. The number of carbonyl (C=O) groups excluding carboxylic acids is 1. The maximum atomic E-state index is 12.5. The largest absolute Gasteiger partial charge is 0.369 e. The molecule has 1 atom stereocenters. The number of benzene rings is 1. The molecule has 2 aliphatic rings. The van der Waals surface area contributed by atoms with Gasteiger partial charge in [-0.25, -0.2) is 0 Å². The molecule has 4 rings (SSSR count). The average molecular weight is 334 g/mol. The van der Waals surface area contributed by atoms with Crippen molar-refractivity contribution in [2.45, 2.75) is 25.7 Å². The molecule has 25 heavy (non-hydrogen) atoms. The van der Waals surface area contributed by atoms with E-state index in [0.717, 1.165) is 42.5 Å². The quantitative estimate of drug-likeness (QED) is 0.933. The number of pyridine rings is 1. The van der Waals surface area contributed by atoms with Gasteiger partial charge in [0.05, 0.1) is 22.7 Å². The van der Waals surface area contributed by atoms with Crippen molar-refractivity contribution in [2.75, 3.05) is 24.5 Å². The third-order valence-electron chi connectivity index (χ3n) is 5.24. The fraction of sp³-hybridized carbons (Fsp3) is 0.450. The van der Waals surface area contributed by atoms with E-state index in [4.69, 9.17) is 0 Å². The first-order valence-electron chi connectivity index (χ1n) is 9.07. The van der Waals surface area contributed by atoms with E-state index >= 15 is 0 Å². The maximum Gasteiger partial charge on any atom is 0.224 e. The molecule has 0 unspecified atom stereocenters. The Morgan fingerprint density at radius 1 is 1.32 bits per heavy atom. The number of piperidine rings is 1. The van der Waals surface area contributed by atoms with Crippen molar-refractivity contribution in [3.05, 3.63) is 36.0 Å². The highest BCUT2D eigenvalue weighted by Crippen LogP contribution is 2.33. The molecule has 1 saturated heterocycles. The van der Waals surface area contributed by atoms with E-state index in [9.17, 15) is 10.1 Å². The van der Waals surface area contributed by atoms with Crippen molar-refractivity contribution in [1.82, 2.24) is 10.3 Å². The predicted octanol–water partition coefficient (Wildman–Crippen LogP) is 2.85. The van der Waals surface area contributed by atoms with Crippen LogP contribution in [0.4, 0.5) is 5.69 Å². The molecule has 2 aromatic rings. The standard InChI is InChI=1S/C20H22N4O/c21-10-16-12-22-18-6-2-1-5-17(18)19(16)24-9-3-4-15(13-24)20(25)23-11-14-7-8-14/h1-2,5-6,12,14-15H,3-4,7-9,11,13H2,(H,23,25)/t15-/m1/s1. The fourth-order valence-electron chi connectivity index (χ4n) is 3.65. The van der Waals surface area contributed by atoms with Gasteiger partial charge < -0.3 is 10.2 Å². The van der Waals surface area contributed by atoms with Crippen LogP contribution in [0.5, 0.6) is 0 Å². The van der Waals surface area contributed by atoms with Gasteiger partial charge in [0.2, 0.25) is 5.91 Å². The van der Waals surface area contributed by atoms with Crippen LogP contribution in [0.3, 0.4) is 0 Å². The SMILES string of the molecule is N#Cc1cnc2ccccc2c1N1CCC[C@@H](C(=O)NCC2CC2)C1. The lowest BCUT2D eigenvalue weighted by Gasteiger charge is -2.34. The van der Waals surface area contributed by atoms with Crippen LogP contribution in [0.2, 0.25) is 0 Å². The Morgan fingerprint density at radius 3 is 2.96 bits per heavy atom. The summed E-state index contributed by atoms with van der Waals surface area (Å²) in [5, 5.41) is 13.6. The minimum atomic E-state index is -0.00836. The number of hydrogen-bond donors (Lipinski definition) is 1. The van der Waals surface area contributed by atoms with Crippen LogP contribution in [0, 0.1) is 23.2 Å². The Morgan fingerprint density at radius 2 is 2.16 bits per heavy atom. The summed E-state index contributed by atoms with van der Waals surface area (Å²) in [4.78, 5) is 19.1. The van der Waals surface area contributed by atoms with E-state index in [2.05, 4.69) is 21.3 Å². The molecule has 5 heteroatoms. The van der Waals surface area contributed by atoms with Crippen LogP contribution in [-0.2, 0) is 4.79 Å². The molecule has 1 amide bonds. The summed E-state index contributed by atoms with van der Waals surface area (Å²) in [6.07, 6.45) is 6.01. The van der Waals surface area contributed by atoms with Crippen molar-refractivity contribution in [1.29, 1.82) is 5.26 Å². The zero-order valence-electron chi connectivity index (χ0n) is 14.2. The summed E-state index contributed by atoms with van der Waals surface area (Å²) in [5.41, 5.74) is 2.39. The lowest BCUT2D eigenvalue weighted by atomic mass is 9.95. The molecule has 1 aliphatic carbocycles. The van der Waals surface area contributed by atoms with Crippen LogP contribution >= 0.6 is 0 Å². The van der Waals surface area contributed by atoms with Gasteiger partial charge in [-0.15, -0.1) is 0 Å². The lowest BCUT2D eigenvalue weighted by molar-refractivity contribution is -0.125. The van der Waals surface area contributed by atoms with Gasteiger partial charge in [-0.3, -0.25) is 9.78 Å². The Hall–Kier alpha value is -2.61. The highest BCUT2D eigenvalue weighted by molar-refractivity contribution is 5.94. The van der Waals surface area contributed by atoms with Crippen LogP contribution in [0.1, 0.15) is 31.2 Å². The van der Waals surface area contributed by atoms with Crippen molar-refractivity contribution >= 4 is 22.5 Å². The number of rotatable bonds is 4. The number of aromatic nitrogens is 1. The van der Waals surface area contributed by atoms with Gasteiger partial charge in [0.15, 0.2) is 0 Å². The van der Waals surface area contributed by atoms with Crippen molar-refractivity contribution in [3.63, 3.8) is 0 Å². The zero-order chi connectivity index (χ0) is 17.2. The summed E-state index contributed by atoms with van der Waals surface area (Å²) in [5.74, 6) is 0.845. The third-order valence-corrected chi connectivity index (χ3v) is 5.24. The molecule has 5 nitrogen and oxygen atoms in total. The molecule has 1 aromatic heterocycles. The minimum Gasteiger partial charge on any atom is -0.369 e. The Kier molecular flexibility index (Phi) is 4.27. The molecule has 2 heterocycles. The number of amides is 1. The van der Waals surface area contributed by atoms with Gasteiger partial charge >= 0.3 is 0 Å². The highest BCUT2D eigenvalue weighted by Gasteiger charge is 2.29. The number of fused-ring (bicyclic) bond motifs is 1. The van der Waals surface area contributed by atoms with Gasteiger partial charge in [-0.05, 0) is 37.7 Å². The smallest absolute Gasteiger partial charge is 0.224 e. The van der Waals surface area contributed by atoms with Gasteiger partial charge in [0, 0.05) is 31.2 Å². The van der Waals surface area contributed by atoms with Gasteiger partial charge in [-0.2, -0.15) is 5.26 Å². The fourth-order valence-corrected chi connectivity index (χ4v) is 3.65. The van der Waals surface area contributed by atoms with Crippen LogP contribution in [0.15, 0.2) is 30.5 Å². The number of nitrogens with one attached hydrogen (secondary N) is 1. The molecule has 128 valence electrons. The second-order valence-corrected chi connectivity index (χ2v) is 7.12. The predicted molar refractivity (Wildman–Crippen MR) is 97.1 cm³/mol. The molecule has 1 aliphatic heterocycles. The van der Waals surface area contributed by atoms with Crippen molar-refractivity contribution in [2.24, 2.45) is 11.8 Å². The van der Waals surface area contributed by atoms with E-state index in [0.29, 0.717) is 18.0 Å². The highest BCUT2D eigenvalue weighted by atomic mass is 16.1. The first kappa shape index (κ1) is 15.9. The number of para-hydroxylation sites is 1. The Bertz CT molecular complexity index is 837. The van der Waals surface area contributed by atoms with Crippen LogP contribution < -0.4 is 10.2 Å². The molecule has 1 N–H and O–H groups in total. The number of carbonyl (C=O) groups is 1. The number of nitriles is 1. The first-order valence-corrected chi connectivity index (χ1v) is 9.07. The summed E-state index contributed by atoms with van der Waals surface area (Å²) >= 11 is 0. The number of nitrogens with zero attached hydrogens (tertiary/aromatic N) is 3. The summed E-state index contributed by atoms with van der Waals surface area (Å²) in [6, 6.07) is 10.2. The van der Waals surface area contributed by atoms with Crippen LogP contribution in [-0.4, -0.2) is 30.5 Å². The minimum absolute atomic E-state index is 0.00836. The third kappa shape index (κ3) is 3.30. The summed E-state index contributed by atoms with van der Waals surface area (Å²) in [6.45, 7) is 2.35. The molecule has 0 spiro atoms. The molecular formula is C20H22N4O. The van der Waals surface area contributed by atoms with Crippen molar-refractivity contribution in [3.8, 4) is 6.07 Å². The molecule has 1 aromatic carbocycles. The molecule has 0 radical (unpaired) electrons. The molecular weight excluding hydrogens is 312 g/mol. The average Bonchev–Trinajstić information content (AvgIpc) is 3.49. The van der Waals surface area contributed by atoms with E-state index in [1.54, 1.807) is 6.20 Å². The van der Waals surface area contributed by atoms with Gasteiger partial charge in [0.25, 0.3) is 0 Å². The first-order chi connectivity index (χ1) is 12.3. The molecule has 2 fully saturated rings. The Balaban J connectivity index is 1.59. The van der Waals surface area contributed by atoms with E-state index in [1.807, 2.05) is 24.3 Å². The van der Waals surface area contributed by atoms with Crippen molar-refractivity contribution < 1.29 is 4.79 Å². The second kappa shape index (κ2) is 6.72. The second-order valence-electron chi connectivity index (χ2n) is 7.12. The topological polar surface area (TPSA) is 69.0 Å². The van der Waals surface area contributed by atoms with E-state index in [-0.39, 0.29) is 11.8 Å². The number of hydrogen-bond acceptors (Lipinski definition) is 4. The maximum absolute atomic E-state index is 12.5. The van der Waals surface area contributed by atoms with Crippen LogP contribution in [0.25, 0.3) is 10.9 Å². The van der Waals surface area contributed by atoms with E-state index < -0.39 is 0 Å². The normalized spacial score (nSPS) is 20.3. The summed E-state index contributed by atoms with van der Waals surface area (Å²) < 4.78 is 0. The molecule has 0 bridgehead atoms. The van der Waals surface area contributed by atoms with Gasteiger partial charge in [-0.1, -0.05) is 18.2 Å². The zero-order valence-corrected chi connectivity index (χ0v) is 14.2. The molecule has 1 saturated carbocycles. The lowest BCUT2D eigenvalue weighted by Crippen LogP contribution is -2.43. The Labute approximate surface area is 147 Å². The van der Waals surface area contributed by atoms with E-state index in [1.165, 1.54) is 12.8 Å². The number of anilines is 1. The summed E-state index contributed by atoms with van der Waals surface area (Å²) in [7, 11) is 0.